The molecule has 0 saturated carbocycles. The first-order chi connectivity index (χ1) is 16.3. The van der Waals surface area contributed by atoms with Crippen LogP contribution in [0.4, 0.5) is 5.69 Å². The fraction of sp³-hybridized carbons (Fsp3) is 0.269. The molecule has 0 unspecified atom stereocenters. The van der Waals surface area contributed by atoms with Crippen LogP contribution in [0.5, 0.6) is 0 Å². The number of nitrogens with zero attached hydrogens (tertiary/aromatic N) is 2. The van der Waals surface area contributed by atoms with Crippen molar-refractivity contribution in [3.63, 3.8) is 0 Å². The Morgan fingerprint density at radius 3 is 2.50 bits per heavy atom. The van der Waals surface area contributed by atoms with Crippen LogP contribution in [-0.2, 0) is 9.59 Å². The average Bonchev–Trinajstić information content (AvgIpc) is 3.19. The van der Waals surface area contributed by atoms with Gasteiger partial charge in [-0.1, -0.05) is 67.5 Å². The fourth-order valence-corrected chi connectivity index (χ4v) is 4.98. The zero-order valence-electron chi connectivity index (χ0n) is 19.3. The van der Waals surface area contributed by atoms with Crippen LogP contribution in [0.3, 0.4) is 0 Å². The minimum absolute atomic E-state index is 0.0572. The molecule has 2 aliphatic rings. The van der Waals surface area contributed by atoms with E-state index in [0.29, 0.717) is 34.4 Å². The first-order valence-corrected chi connectivity index (χ1v) is 12.4. The lowest BCUT2D eigenvalue weighted by atomic mass is 9.93. The number of anilines is 1. The molecule has 34 heavy (non-hydrogen) atoms. The number of amides is 2. The smallest absolute Gasteiger partial charge is 0.255 e. The summed E-state index contributed by atoms with van der Waals surface area (Å²) in [6, 6.07) is 16.4. The second-order valence-electron chi connectivity index (χ2n) is 8.64. The number of carbonyl (C=O) groups is 2. The molecule has 2 aromatic carbocycles. The summed E-state index contributed by atoms with van der Waals surface area (Å²) in [4.78, 5) is 32.9. The molecule has 4 rings (SSSR count). The average molecular weight is 495 g/mol. The molecule has 8 heteroatoms. The number of nitrogens with one attached hydrogen (secondary N) is 2. The van der Waals surface area contributed by atoms with Crippen LogP contribution in [0, 0.1) is 5.92 Å². The number of allylic oxidation sites excluding steroid dienone is 1. The largest absolute Gasteiger partial charge is 0.356 e. The third-order valence-electron chi connectivity index (χ3n) is 5.51. The Labute approximate surface area is 209 Å². The molecule has 0 fully saturated rings. The third kappa shape index (κ3) is 5.37. The van der Waals surface area contributed by atoms with E-state index in [1.54, 1.807) is 0 Å². The molecule has 2 aliphatic heterocycles. The van der Waals surface area contributed by atoms with Gasteiger partial charge in [-0.2, -0.15) is 0 Å². The van der Waals surface area contributed by atoms with Gasteiger partial charge >= 0.3 is 0 Å². The highest BCUT2D eigenvalue weighted by Gasteiger charge is 2.40. The van der Waals surface area contributed by atoms with Crippen LogP contribution in [0.1, 0.15) is 38.8 Å². The maximum absolute atomic E-state index is 13.5. The van der Waals surface area contributed by atoms with Crippen molar-refractivity contribution in [3.05, 3.63) is 87.6 Å². The molecule has 176 valence electrons. The fourth-order valence-electron chi connectivity index (χ4n) is 3.89. The van der Waals surface area contributed by atoms with Crippen molar-refractivity contribution in [2.45, 2.75) is 33.2 Å². The number of benzene rings is 2. The molecular weight excluding hydrogens is 468 g/mol. The van der Waals surface area contributed by atoms with Crippen LogP contribution in [0.25, 0.3) is 0 Å². The van der Waals surface area contributed by atoms with Crippen molar-refractivity contribution in [3.8, 4) is 0 Å². The number of thioether (sulfide) groups is 1. The van der Waals surface area contributed by atoms with Crippen molar-refractivity contribution >= 4 is 46.0 Å². The zero-order chi connectivity index (χ0) is 24.2. The van der Waals surface area contributed by atoms with Gasteiger partial charge in [-0.25, -0.2) is 4.99 Å². The standard InChI is InChI=1S/C26H27ClN4O2S/c1-16(2)14-28-22(32)13-21-15-34-26-29-17(3)23(25(33)30-20-7-5-4-6-8-20)24(31(21)26)18-9-11-19(27)12-10-18/h4-12,15-16,24H,13-14H2,1-3H3,(H,28,32)(H,30,33)/t24-/m0/s1. The van der Waals surface area contributed by atoms with Gasteiger partial charge in [-0.15, -0.1) is 0 Å². The highest BCUT2D eigenvalue weighted by molar-refractivity contribution is 8.16. The number of amidine groups is 1. The Morgan fingerprint density at radius 2 is 1.82 bits per heavy atom. The summed E-state index contributed by atoms with van der Waals surface area (Å²) >= 11 is 7.62. The second-order valence-corrected chi connectivity index (χ2v) is 9.91. The number of halogens is 1. The van der Waals surface area contributed by atoms with Crippen LogP contribution >= 0.6 is 23.4 Å². The monoisotopic (exact) mass is 494 g/mol. The van der Waals surface area contributed by atoms with Gasteiger partial charge in [-0.05, 0) is 48.1 Å². The molecule has 6 nitrogen and oxygen atoms in total. The molecule has 0 saturated heterocycles. The van der Waals surface area contributed by atoms with Crippen molar-refractivity contribution in [1.29, 1.82) is 0 Å². The van der Waals surface area contributed by atoms with Gasteiger partial charge in [-0.3, -0.25) is 9.59 Å². The number of hydrogen-bond acceptors (Lipinski definition) is 5. The van der Waals surface area contributed by atoms with Gasteiger partial charge < -0.3 is 15.5 Å². The quantitative estimate of drug-likeness (QED) is 0.516. The first kappa shape index (κ1) is 24.1. The summed E-state index contributed by atoms with van der Waals surface area (Å²) in [6.45, 7) is 6.58. The zero-order valence-corrected chi connectivity index (χ0v) is 20.9. The Hall–Kier alpha value is -3.03. The Balaban J connectivity index is 1.69. The van der Waals surface area contributed by atoms with Gasteiger partial charge in [0.25, 0.3) is 5.91 Å². The molecule has 2 amide bonds. The maximum atomic E-state index is 13.5. The minimum Gasteiger partial charge on any atom is -0.356 e. The molecule has 0 spiro atoms. The van der Waals surface area contributed by atoms with E-state index in [1.807, 2.05) is 71.8 Å². The van der Waals surface area contributed by atoms with Crippen LogP contribution in [-0.4, -0.2) is 28.4 Å². The topological polar surface area (TPSA) is 73.8 Å². The first-order valence-electron chi connectivity index (χ1n) is 11.2. The van der Waals surface area contributed by atoms with Gasteiger partial charge in [0.05, 0.1) is 23.7 Å². The molecular formula is C26H27ClN4O2S. The summed E-state index contributed by atoms with van der Waals surface area (Å²) in [5.74, 6) is 0.0776. The molecule has 0 aliphatic carbocycles. The molecule has 0 aromatic heterocycles. The summed E-state index contributed by atoms with van der Waals surface area (Å²) in [5.41, 5.74) is 3.59. The Bertz CT molecular complexity index is 1170. The van der Waals surface area contributed by atoms with Crippen LogP contribution in [0.15, 0.2) is 82.0 Å². The second kappa shape index (κ2) is 10.5. The van der Waals surface area contributed by atoms with E-state index >= 15 is 0 Å². The summed E-state index contributed by atoms with van der Waals surface area (Å²) in [7, 11) is 0. The normalized spacial score (nSPS) is 17.3. The molecule has 2 heterocycles. The summed E-state index contributed by atoms with van der Waals surface area (Å²) in [5, 5.41) is 9.29. The van der Waals surface area contributed by atoms with Crippen molar-refractivity contribution in [2.24, 2.45) is 10.9 Å². The highest BCUT2D eigenvalue weighted by atomic mass is 35.5. The highest BCUT2D eigenvalue weighted by Crippen LogP contribution is 2.44. The Kier molecular flexibility index (Phi) is 7.44. The summed E-state index contributed by atoms with van der Waals surface area (Å²) < 4.78 is 0. The van der Waals surface area contributed by atoms with Gasteiger partial charge in [0, 0.05) is 23.0 Å². The lowest BCUT2D eigenvalue weighted by molar-refractivity contribution is -0.120. The number of para-hydroxylation sites is 1. The minimum atomic E-state index is -0.437. The maximum Gasteiger partial charge on any atom is 0.255 e. The van der Waals surface area contributed by atoms with Crippen LogP contribution in [0.2, 0.25) is 5.02 Å². The number of carbonyl (C=O) groups excluding carboxylic acids is 2. The van der Waals surface area contributed by atoms with Gasteiger partial charge in [0.1, 0.15) is 0 Å². The van der Waals surface area contributed by atoms with Gasteiger partial charge in [0.15, 0.2) is 5.17 Å². The number of aliphatic imine (C=N–C) groups is 1. The lowest BCUT2D eigenvalue weighted by Gasteiger charge is -2.36. The molecule has 2 N–H and O–H groups in total. The molecule has 1 atom stereocenters. The number of hydrogen-bond donors (Lipinski definition) is 2. The SMILES string of the molecule is CC1=C(C(=O)Nc2ccccc2)[C@H](c2ccc(Cl)cc2)N2C(CC(=O)NCC(C)C)=CSC2=N1. The van der Waals surface area contributed by atoms with E-state index in [0.717, 1.165) is 16.4 Å². The molecule has 2 aromatic rings. The lowest BCUT2D eigenvalue weighted by Crippen LogP contribution is -2.39. The number of rotatable bonds is 7. The predicted octanol–water partition coefficient (Wildman–Crippen LogP) is 5.72. The van der Waals surface area contributed by atoms with E-state index in [1.165, 1.54) is 11.8 Å². The van der Waals surface area contributed by atoms with E-state index < -0.39 is 6.04 Å². The van der Waals surface area contributed by atoms with Crippen molar-refractivity contribution < 1.29 is 9.59 Å². The van der Waals surface area contributed by atoms with E-state index in [9.17, 15) is 9.59 Å². The van der Waals surface area contributed by atoms with Crippen LogP contribution < -0.4 is 10.6 Å². The van der Waals surface area contributed by atoms with Crippen molar-refractivity contribution in [2.75, 3.05) is 11.9 Å². The molecule has 0 radical (unpaired) electrons. The predicted molar refractivity (Wildman–Crippen MR) is 139 cm³/mol. The molecule has 0 bridgehead atoms. The van der Waals surface area contributed by atoms with Crippen molar-refractivity contribution in [1.82, 2.24) is 10.2 Å². The Morgan fingerprint density at radius 1 is 1.12 bits per heavy atom. The summed E-state index contributed by atoms with van der Waals surface area (Å²) in [6.07, 6.45) is 0.204. The van der Waals surface area contributed by atoms with E-state index in [2.05, 4.69) is 24.5 Å². The van der Waals surface area contributed by atoms with E-state index in [4.69, 9.17) is 16.6 Å². The van der Waals surface area contributed by atoms with E-state index in [-0.39, 0.29) is 18.2 Å². The third-order valence-corrected chi connectivity index (χ3v) is 6.65. The van der Waals surface area contributed by atoms with Gasteiger partial charge in [0.2, 0.25) is 5.91 Å². The number of fused-ring (bicyclic) bond motifs is 1.